The van der Waals surface area contributed by atoms with Gasteiger partial charge in [-0.2, -0.15) is 0 Å². The number of ether oxygens (including phenoxy) is 1. The molecule has 1 amide bonds. The Bertz CT molecular complexity index is 223. The van der Waals surface area contributed by atoms with Crippen LogP contribution >= 0.6 is 0 Å². The number of nitrogens with two attached hydrogens (primary N) is 1. The van der Waals surface area contributed by atoms with Gasteiger partial charge in [0, 0.05) is 19.7 Å². The molecule has 1 heterocycles. The lowest BCUT2D eigenvalue weighted by Crippen LogP contribution is -2.37. The van der Waals surface area contributed by atoms with Crippen LogP contribution in [-0.4, -0.2) is 42.9 Å². The van der Waals surface area contributed by atoms with E-state index in [2.05, 4.69) is 5.32 Å². The van der Waals surface area contributed by atoms with E-state index < -0.39 is 0 Å². The van der Waals surface area contributed by atoms with Crippen LogP contribution in [0.25, 0.3) is 0 Å². The highest BCUT2D eigenvalue weighted by Crippen LogP contribution is 2.18. The molecular weight excluding hydrogens is 208 g/mol. The number of hydrogen-bond acceptors (Lipinski definition) is 4. The van der Waals surface area contributed by atoms with E-state index in [0.29, 0.717) is 25.4 Å². The van der Waals surface area contributed by atoms with Gasteiger partial charge < -0.3 is 20.9 Å². The molecule has 0 spiro atoms. The molecule has 0 aliphatic carbocycles. The van der Waals surface area contributed by atoms with Crippen LogP contribution in [-0.2, 0) is 9.53 Å². The lowest BCUT2D eigenvalue weighted by atomic mass is 10.1. The second-order valence-corrected chi connectivity index (χ2v) is 4.42. The number of amides is 1. The van der Waals surface area contributed by atoms with Crippen molar-refractivity contribution in [2.24, 2.45) is 11.7 Å². The number of hydrogen-bond donors (Lipinski definition) is 3. The Morgan fingerprint density at radius 2 is 2.38 bits per heavy atom. The predicted octanol–water partition coefficient (Wildman–Crippen LogP) is -0.373. The van der Waals surface area contributed by atoms with Gasteiger partial charge in [0.25, 0.3) is 0 Å². The summed E-state index contributed by atoms with van der Waals surface area (Å²) in [6, 6.07) is 0. The summed E-state index contributed by atoms with van der Waals surface area (Å²) in [6.07, 6.45) is 2.01. The molecule has 1 fully saturated rings. The Morgan fingerprint density at radius 3 is 2.94 bits per heavy atom. The second-order valence-electron chi connectivity index (χ2n) is 4.42. The minimum Gasteiger partial charge on any atom is -0.396 e. The maximum atomic E-state index is 11.7. The number of rotatable bonds is 6. The van der Waals surface area contributed by atoms with Crippen molar-refractivity contribution >= 4 is 5.91 Å². The van der Waals surface area contributed by atoms with Gasteiger partial charge in [-0.1, -0.05) is 6.92 Å². The SMILES string of the molecule is CC(CCO)CNC(=O)C1CCC(CN)O1. The average molecular weight is 230 g/mol. The smallest absolute Gasteiger partial charge is 0.249 e. The van der Waals surface area contributed by atoms with Gasteiger partial charge in [0.2, 0.25) is 5.91 Å². The summed E-state index contributed by atoms with van der Waals surface area (Å²) in [6.45, 7) is 3.22. The normalized spacial score (nSPS) is 26.7. The number of carbonyl (C=O) groups is 1. The summed E-state index contributed by atoms with van der Waals surface area (Å²) in [4.78, 5) is 11.7. The third kappa shape index (κ3) is 4.08. The highest BCUT2D eigenvalue weighted by molar-refractivity contribution is 5.81. The van der Waals surface area contributed by atoms with Crippen molar-refractivity contribution < 1.29 is 14.6 Å². The molecule has 0 radical (unpaired) electrons. The van der Waals surface area contributed by atoms with E-state index in [9.17, 15) is 4.79 Å². The van der Waals surface area contributed by atoms with E-state index in [0.717, 1.165) is 12.8 Å². The Kier molecular flexibility index (Phi) is 5.73. The van der Waals surface area contributed by atoms with Crippen LogP contribution < -0.4 is 11.1 Å². The Morgan fingerprint density at radius 1 is 1.62 bits per heavy atom. The number of nitrogens with one attached hydrogen (secondary N) is 1. The monoisotopic (exact) mass is 230 g/mol. The van der Waals surface area contributed by atoms with Crippen LogP contribution in [0, 0.1) is 5.92 Å². The summed E-state index contributed by atoms with van der Waals surface area (Å²) in [5.74, 6) is 0.237. The van der Waals surface area contributed by atoms with Crippen molar-refractivity contribution in [3.8, 4) is 0 Å². The highest BCUT2D eigenvalue weighted by atomic mass is 16.5. The van der Waals surface area contributed by atoms with Crippen LogP contribution in [0.15, 0.2) is 0 Å². The van der Waals surface area contributed by atoms with E-state index in [-0.39, 0.29) is 24.7 Å². The Labute approximate surface area is 96.3 Å². The molecule has 5 heteroatoms. The van der Waals surface area contributed by atoms with Gasteiger partial charge in [-0.05, 0) is 25.2 Å². The van der Waals surface area contributed by atoms with Gasteiger partial charge in [0.15, 0.2) is 0 Å². The molecule has 0 aromatic carbocycles. The Balaban J connectivity index is 2.20. The molecule has 3 atom stereocenters. The molecule has 0 aromatic heterocycles. The van der Waals surface area contributed by atoms with Crippen molar-refractivity contribution in [1.29, 1.82) is 0 Å². The van der Waals surface area contributed by atoms with Crippen LogP contribution in [0.4, 0.5) is 0 Å². The van der Waals surface area contributed by atoms with E-state index in [1.165, 1.54) is 0 Å². The van der Waals surface area contributed by atoms with Gasteiger partial charge in [-0.25, -0.2) is 0 Å². The van der Waals surface area contributed by atoms with Crippen molar-refractivity contribution in [3.05, 3.63) is 0 Å². The van der Waals surface area contributed by atoms with Gasteiger partial charge >= 0.3 is 0 Å². The third-order valence-corrected chi connectivity index (χ3v) is 2.91. The molecule has 94 valence electrons. The lowest BCUT2D eigenvalue weighted by molar-refractivity contribution is -0.132. The molecule has 16 heavy (non-hydrogen) atoms. The average Bonchev–Trinajstić information content (AvgIpc) is 2.75. The summed E-state index contributed by atoms with van der Waals surface area (Å²) in [5, 5.41) is 11.6. The minimum absolute atomic E-state index is 0.0330. The molecule has 5 nitrogen and oxygen atoms in total. The predicted molar refractivity (Wildman–Crippen MR) is 60.8 cm³/mol. The first-order valence-electron chi connectivity index (χ1n) is 5.91. The maximum absolute atomic E-state index is 11.7. The van der Waals surface area contributed by atoms with Crippen molar-refractivity contribution in [1.82, 2.24) is 5.32 Å². The zero-order valence-electron chi connectivity index (χ0n) is 9.82. The molecule has 1 rings (SSSR count). The summed E-state index contributed by atoms with van der Waals surface area (Å²) >= 11 is 0. The quantitative estimate of drug-likeness (QED) is 0.581. The standard InChI is InChI=1S/C11H22N2O3/c1-8(4-5-14)7-13-11(15)10-3-2-9(6-12)16-10/h8-10,14H,2-7,12H2,1H3,(H,13,15). The summed E-state index contributed by atoms with van der Waals surface area (Å²) in [5.41, 5.74) is 5.47. The highest BCUT2D eigenvalue weighted by Gasteiger charge is 2.29. The van der Waals surface area contributed by atoms with Crippen molar-refractivity contribution in [2.75, 3.05) is 19.7 Å². The molecule has 1 aliphatic heterocycles. The van der Waals surface area contributed by atoms with Gasteiger partial charge in [-0.3, -0.25) is 4.79 Å². The fourth-order valence-electron chi connectivity index (χ4n) is 1.78. The fourth-order valence-corrected chi connectivity index (χ4v) is 1.78. The lowest BCUT2D eigenvalue weighted by Gasteiger charge is -2.15. The molecule has 1 aliphatic rings. The van der Waals surface area contributed by atoms with E-state index in [1.807, 2.05) is 6.92 Å². The second kappa shape index (κ2) is 6.83. The van der Waals surface area contributed by atoms with E-state index in [4.69, 9.17) is 15.6 Å². The molecule has 0 saturated carbocycles. The summed E-state index contributed by atoms with van der Waals surface area (Å²) < 4.78 is 5.48. The van der Waals surface area contributed by atoms with E-state index in [1.54, 1.807) is 0 Å². The largest absolute Gasteiger partial charge is 0.396 e. The zero-order valence-corrected chi connectivity index (χ0v) is 9.82. The molecule has 3 unspecified atom stereocenters. The number of carbonyl (C=O) groups excluding carboxylic acids is 1. The van der Waals surface area contributed by atoms with E-state index >= 15 is 0 Å². The Hall–Kier alpha value is -0.650. The minimum atomic E-state index is -0.338. The van der Waals surface area contributed by atoms with Crippen molar-refractivity contribution in [2.45, 2.75) is 38.4 Å². The molecule has 1 saturated heterocycles. The number of aliphatic hydroxyl groups is 1. The van der Waals surface area contributed by atoms with Gasteiger partial charge in [-0.15, -0.1) is 0 Å². The van der Waals surface area contributed by atoms with Crippen LogP contribution in [0.3, 0.4) is 0 Å². The topological polar surface area (TPSA) is 84.6 Å². The van der Waals surface area contributed by atoms with Gasteiger partial charge in [0.05, 0.1) is 6.10 Å². The van der Waals surface area contributed by atoms with Crippen LogP contribution in [0.2, 0.25) is 0 Å². The van der Waals surface area contributed by atoms with Crippen LogP contribution in [0.1, 0.15) is 26.2 Å². The fraction of sp³-hybridized carbons (Fsp3) is 0.909. The summed E-state index contributed by atoms with van der Waals surface area (Å²) in [7, 11) is 0. The first kappa shape index (κ1) is 13.4. The third-order valence-electron chi connectivity index (χ3n) is 2.91. The van der Waals surface area contributed by atoms with Gasteiger partial charge in [0.1, 0.15) is 6.10 Å². The molecule has 0 bridgehead atoms. The molecule has 0 aromatic rings. The van der Waals surface area contributed by atoms with Crippen LogP contribution in [0.5, 0.6) is 0 Å². The molecular formula is C11H22N2O3. The van der Waals surface area contributed by atoms with Crippen molar-refractivity contribution in [3.63, 3.8) is 0 Å². The molecule has 4 N–H and O–H groups in total. The zero-order chi connectivity index (χ0) is 12.0. The maximum Gasteiger partial charge on any atom is 0.249 e. The first-order chi connectivity index (χ1) is 7.67. The first-order valence-corrected chi connectivity index (χ1v) is 5.91. The number of aliphatic hydroxyl groups excluding tert-OH is 1.